The van der Waals surface area contributed by atoms with Gasteiger partial charge in [0.15, 0.2) is 0 Å². The quantitative estimate of drug-likeness (QED) is 0.686. The molecule has 0 amide bonds. The van der Waals surface area contributed by atoms with Crippen molar-refractivity contribution in [3.05, 3.63) is 69.0 Å². The molecule has 3 aromatic rings. The Morgan fingerprint density at radius 2 is 1.95 bits per heavy atom. The Morgan fingerprint density at radius 1 is 1.15 bits per heavy atom. The van der Waals surface area contributed by atoms with Crippen LogP contribution in [0.1, 0.15) is 22.8 Å². The lowest BCUT2D eigenvalue weighted by atomic mass is 9.97. The zero-order chi connectivity index (χ0) is 14.1. The lowest BCUT2D eigenvalue weighted by Crippen LogP contribution is -2.03. The maximum atomic E-state index is 10.5. The lowest BCUT2D eigenvalue weighted by molar-refractivity contribution is 0.178. The summed E-state index contributed by atoms with van der Waals surface area (Å²) in [5.74, 6) is 0. The third-order valence-electron chi connectivity index (χ3n) is 3.64. The highest BCUT2D eigenvalue weighted by atomic mass is 79.9. The highest BCUT2D eigenvalue weighted by molar-refractivity contribution is 9.10. The van der Waals surface area contributed by atoms with Crippen LogP contribution in [-0.4, -0.2) is 5.11 Å². The fraction of sp³-hybridized carbons (Fsp3) is 0.176. The first kappa shape index (κ1) is 13.8. The van der Waals surface area contributed by atoms with Crippen LogP contribution in [0.4, 0.5) is 0 Å². The van der Waals surface area contributed by atoms with Crippen LogP contribution in [-0.2, 0) is 6.42 Å². The van der Waals surface area contributed by atoms with Crippen molar-refractivity contribution in [3.8, 4) is 0 Å². The van der Waals surface area contributed by atoms with E-state index in [9.17, 15) is 5.11 Å². The first-order valence-corrected chi connectivity index (χ1v) is 8.22. The van der Waals surface area contributed by atoms with E-state index in [1.165, 1.54) is 15.6 Å². The van der Waals surface area contributed by atoms with Gasteiger partial charge in [-0.3, -0.25) is 0 Å². The Hall–Kier alpha value is -1.16. The van der Waals surface area contributed by atoms with Crippen LogP contribution >= 0.6 is 27.3 Å². The molecule has 1 aromatic heterocycles. The van der Waals surface area contributed by atoms with E-state index in [0.717, 1.165) is 15.6 Å². The Kier molecular flexibility index (Phi) is 3.92. The Morgan fingerprint density at radius 3 is 2.80 bits per heavy atom. The minimum absolute atomic E-state index is 0.467. The second-order valence-corrected chi connectivity index (χ2v) is 6.70. The lowest BCUT2D eigenvalue weighted by Gasteiger charge is -2.14. The van der Waals surface area contributed by atoms with Crippen molar-refractivity contribution in [1.29, 1.82) is 0 Å². The largest absolute Gasteiger partial charge is 0.388 e. The van der Waals surface area contributed by atoms with Crippen LogP contribution in [0.25, 0.3) is 10.1 Å². The molecule has 102 valence electrons. The van der Waals surface area contributed by atoms with Crippen LogP contribution < -0.4 is 0 Å². The molecule has 0 saturated carbocycles. The minimum Gasteiger partial charge on any atom is -0.388 e. The molecule has 0 spiro atoms. The van der Waals surface area contributed by atoms with E-state index in [1.54, 1.807) is 11.3 Å². The molecule has 1 N–H and O–H groups in total. The Bertz CT molecular complexity index is 748. The van der Waals surface area contributed by atoms with Crippen LogP contribution in [0.3, 0.4) is 0 Å². The molecule has 0 radical (unpaired) electrons. The van der Waals surface area contributed by atoms with Gasteiger partial charge in [0.05, 0.1) is 6.10 Å². The molecule has 1 atom stereocenters. The zero-order valence-electron chi connectivity index (χ0n) is 11.1. The molecule has 1 heterocycles. The average Bonchev–Trinajstić information content (AvgIpc) is 2.85. The molecular formula is C17H15BrOS. The van der Waals surface area contributed by atoms with E-state index < -0.39 is 6.10 Å². The third-order valence-corrected chi connectivity index (χ3v) is 5.51. The molecule has 0 saturated heterocycles. The van der Waals surface area contributed by atoms with Gasteiger partial charge in [-0.2, -0.15) is 0 Å². The highest BCUT2D eigenvalue weighted by Gasteiger charge is 2.14. The molecule has 0 fully saturated rings. The zero-order valence-corrected chi connectivity index (χ0v) is 13.5. The normalized spacial score (nSPS) is 12.8. The van der Waals surface area contributed by atoms with Gasteiger partial charge >= 0.3 is 0 Å². The predicted octanol–water partition coefficient (Wildman–Crippen LogP) is 5.25. The summed E-state index contributed by atoms with van der Waals surface area (Å²) in [4.78, 5) is 0. The van der Waals surface area contributed by atoms with Crippen molar-refractivity contribution in [2.45, 2.75) is 19.4 Å². The molecule has 20 heavy (non-hydrogen) atoms. The van der Waals surface area contributed by atoms with E-state index in [0.29, 0.717) is 6.42 Å². The second kappa shape index (κ2) is 5.68. The molecule has 0 aliphatic heterocycles. The average molecular weight is 347 g/mol. The summed E-state index contributed by atoms with van der Waals surface area (Å²) >= 11 is 5.26. The van der Waals surface area contributed by atoms with Crippen LogP contribution in [0.2, 0.25) is 0 Å². The third kappa shape index (κ3) is 2.53. The van der Waals surface area contributed by atoms with Crippen LogP contribution in [0.5, 0.6) is 0 Å². The number of fused-ring (bicyclic) bond motifs is 1. The number of halogens is 1. The van der Waals surface area contributed by atoms with Gasteiger partial charge in [-0.25, -0.2) is 0 Å². The predicted molar refractivity (Wildman–Crippen MR) is 89.4 cm³/mol. The summed E-state index contributed by atoms with van der Waals surface area (Å²) in [7, 11) is 0. The molecule has 2 aromatic carbocycles. The van der Waals surface area contributed by atoms with Gasteiger partial charge in [0.1, 0.15) is 0 Å². The number of aliphatic hydroxyl groups excluding tert-OH is 1. The fourth-order valence-electron chi connectivity index (χ4n) is 2.49. The first-order valence-electron chi connectivity index (χ1n) is 6.55. The van der Waals surface area contributed by atoms with Crippen molar-refractivity contribution in [2.24, 2.45) is 0 Å². The second-order valence-electron chi connectivity index (χ2n) is 4.93. The summed E-state index contributed by atoms with van der Waals surface area (Å²) < 4.78 is 2.32. The molecule has 0 aliphatic rings. The number of hydrogen-bond donors (Lipinski definition) is 1. The van der Waals surface area contributed by atoms with Crippen LogP contribution in [0.15, 0.2) is 52.3 Å². The summed E-state index contributed by atoms with van der Waals surface area (Å²) in [5, 5.41) is 13.9. The minimum atomic E-state index is -0.467. The standard InChI is InChI=1S/C17H15BrOS/c1-11-13(6-4-7-15(11)18)16(19)9-12-10-20-17-8-3-2-5-14(12)17/h2-8,10,16,19H,9H2,1H3. The number of hydrogen-bond acceptors (Lipinski definition) is 2. The van der Waals surface area contributed by atoms with Crippen molar-refractivity contribution in [2.75, 3.05) is 0 Å². The van der Waals surface area contributed by atoms with E-state index in [1.807, 2.05) is 25.1 Å². The first-order chi connectivity index (χ1) is 9.66. The molecular weight excluding hydrogens is 332 g/mol. The topological polar surface area (TPSA) is 20.2 Å². The summed E-state index contributed by atoms with van der Waals surface area (Å²) in [5.41, 5.74) is 3.33. The number of benzene rings is 2. The maximum absolute atomic E-state index is 10.5. The SMILES string of the molecule is Cc1c(Br)cccc1C(O)Cc1csc2ccccc12. The van der Waals surface area contributed by atoms with Crippen molar-refractivity contribution >= 4 is 37.4 Å². The van der Waals surface area contributed by atoms with Gasteiger partial charge in [-0.1, -0.05) is 46.3 Å². The van der Waals surface area contributed by atoms with Gasteiger partial charge < -0.3 is 5.11 Å². The molecule has 3 heteroatoms. The Labute approximate surface area is 131 Å². The van der Waals surface area contributed by atoms with Gasteiger partial charge in [0, 0.05) is 15.6 Å². The summed E-state index contributed by atoms with van der Waals surface area (Å²) in [6, 6.07) is 14.3. The van der Waals surface area contributed by atoms with Gasteiger partial charge in [0.25, 0.3) is 0 Å². The maximum Gasteiger partial charge on any atom is 0.0833 e. The molecule has 0 bridgehead atoms. The molecule has 3 rings (SSSR count). The van der Waals surface area contributed by atoms with E-state index in [-0.39, 0.29) is 0 Å². The van der Waals surface area contributed by atoms with Crippen molar-refractivity contribution in [1.82, 2.24) is 0 Å². The van der Waals surface area contributed by atoms with Crippen molar-refractivity contribution < 1.29 is 5.11 Å². The van der Waals surface area contributed by atoms with E-state index >= 15 is 0 Å². The van der Waals surface area contributed by atoms with Gasteiger partial charge in [-0.15, -0.1) is 11.3 Å². The monoisotopic (exact) mass is 346 g/mol. The van der Waals surface area contributed by atoms with Crippen LogP contribution in [0, 0.1) is 6.92 Å². The smallest absolute Gasteiger partial charge is 0.0833 e. The number of aliphatic hydroxyl groups is 1. The summed E-state index contributed by atoms with van der Waals surface area (Å²) in [6.07, 6.45) is 0.187. The van der Waals surface area contributed by atoms with Gasteiger partial charge in [-0.05, 0) is 46.5 Å². The number of thiophene rings is 1. The van der Waals surface area contributed by atoms with Crippen molar-refractivity contribution in [3.63, 3.8) is 0 Å². The number of rotatable bonds is 3. The van der Waals surface area contributed by atoms with E-state index in [4.69, 9.17) is 0 Å². The highest BCUT2D eigenvalue weighted by Crippen LogP contribution is 2.31. The Balaban J connectivity index is 1.92. The van der Waals surface area contributed by atoms with E-state index in [2.05, 4.69) is 45.6 Å². The molecule has 0 aliphatic carbocycles. The van der Waals surface area contributed by atoms with Gasteiger partial charge in [0.2, 0.25) is 0 Å². The molecule has 1 unspecified atom stereocenters. The molecule has 1 nitrogen and oxygen atoms in total. The summed E-state index contributed by atoms with van der Waals surface area (Å²) in [6.45, 7) is 2.04. The fourth-order valence-corrected chi connectivity index (χ4v) is 3.85.